The molecule has 5 heteroatoms. The number of thioether (sulfide) groups is 1. The van der Waals surface area contributed by atoms with Crippen LogP contribution in [0.25, 0.3) is 0 Å². The number of hydrogen-bond acceptors (Lipinski definition) is 5. The molecule has 86 valence electrons. The number of hydrogen-bond donors (Lipinski definition) is 2. The van der Waals surface area contributed by atoms with Crippen LogP contribution in [0, 0.1) is 0 Å². The highest BCUT2D eigenvalue weighted by Gasteiger charge is 2.46. The molecule has 2 aliphatic carbocycles. The van der Waals surface area contributed by atoms with Crippen LogP contribution in [-0.4, -0.2) is 53.0 Å². The second-order valence-corrected chi connectivity index (χ2v) is 5.99. The highest BCUT2D eigenvalue weighted by molar-refractivity contribution is 7.99. The Balaban J connectivity index is 1.44. The van der Waals surface area contributed by atoms with Gasteiger partial charge in [-0.2, -0.15) is 0 Å². The number of hydrazine groups is 1. The standard InChI is InChI=1S/C10H20N4S/c1-13-5-15-6-14(13)10-4-9(10)12-8-2-7(11)3-8/h7-10,12H,2-6,11H2,1H3. The lowest BCUT2D eigenvalue weighted by Gasteiger charge is -2.34. The van der Waals surface area contributed by atoms with Gasteiger partial charge >= 0.3 is 0 Å². The average molecular weight is 228 g/mol. The Morgan fingerprint density at radius 2 is 2.07 bits per heavy atom. The lowest BCUT2D eigenvalue weighted by molar-refractivity contribution is 0.0425. The fraction of sp³-hybridized carbons (Fsp3) is 1.00. The molecule has 1 aliphatic heterocycles. The van der Waals surface area contributed by atoms with Crippen molar-refractivity contribution < 1.29 is 0 Å². The number of nitrogens with one attached hydrogen (secondary N) is 1. The van der Waals surface area contributed by atoms with Gasteiger partial charge in [0.05, 0.1) is 11.8 Å². The molecule has 2 atom stereocenters. The normalized spacial score (nSPS) is 46.8. The van der Waals surface area contributed by atoms with Crippen LogP contribution in [0.5, 0.6) is 0 Å². The summed E-state index contributed by atoms with van der Waals surface area (Å²) in [6.45, 7) is 0. The van der Waals surface area contributed by atoms with Gasteiger partial charge in [-0.25, -0.2) is 10.0 Å². The van der Waals surface area contributed by atoms with Gasteiger partial charge in [-0.3, -0.25) is 0 Å². The van der Waals surface area contributed by atoms with Gasteiger partial charge in [0.2, 0.25) is 0 Å². The highest BCUT2D eigenvalue weighted by atomic mass is 32.2. The molecule has 1 saturated heterocycles. The van der Waals surface area contributed by atoms with E-state index in [1.165, 1.54) is 25.1 Å². The first-order valence-corrected chi connectivity index (χ1v) is 6.96. The van der Waals surface area contributed by atoms with E-state index in [9.17, 15) is 0 Å². The summed E-state index contributed by atoms with van der Waals surface area (Å²) in [5.41, 5.74) is 5.78. The first-order valence-electron chi connectivity index (χ1n) is 5.81. The monoisotopic (exact) mass is 228 g/mol. The van der Waals surface area contributed by atoms with E-state index in [4.69, 9.17) is 5.73 Å². The summed E-state index contributed by atoms with van der Waals surface area (Å²) in [4.78, 5) is 0. The molecule has 0 aromatic rings. The highest BCUT2D eigenvalue weighted by Crippen LogP contribution is 2.35. The lowest BCUT2D eigenvalue weighted by atomic mass is 9.87. The summed E-state index contributed by atoms with van der Waals surface area (Å²) < 4.78 is 0. The van der Waals surface area contributed by atoms with Gasteiger partial charge in [0.15, 0.2) is 0 Å². The average Bonchev–Trinajstić information content (AvgIpc) is 2.77. The Hall–Kier alpha value is 0.190. The summed E-state index contributed by atoms with van der Waals surface area (Å²) in [5.74, 6) is 2.32. The Kier molecular flexibility index (Phi) is 2.68. The van der Waals surface area contributed by atoms with E-state index in [2.05, 4.69) is 22.4 Å². The van der Waals surface area contributed by atoms with Crippen molar-refractivity contribution in [2.24, 2.45) is 5.73 Å². The molecule has 2 saturated carbocycles. The van der Waals surface area contributed by atoms with Crippen LogP contribution in [0.2, 0.25) is 0 Å². The number of nitrogens with zero attached hydrogens (tertiary/aromatic N) is 2. The minimum absolute atomic E-state index is 0.463. The van der Waals surface area contributed by atoms with Gasteiger partial charge in [-0.15, -0.1) is 11.8 Å². The molecule has 15 heavy (non-hydrogen) atoms. The predicted octanol–water partition coefficient (Wildman–Crippen LogP) is 0.0172. The maximum atomic E-state index is 5.78. The number of rotatable bonds is 3. The molecule has 0 aromatic heterocycles. The summed E-state index contributed by atoms with van der Waals surface area (Å²) >= 11 is 2.00. The van der Waals surface area contributed by atoms with Crippen LogP contribution in [0.15, 0.2) is 0 Å². The zero-order valence-corrected chi connectivity index (χ0v) is 10.0. The third kappa shape index (κ3) is 2.03. The smallest absolute Gasteiger partial charge is 0.0607 e. The van der Waals surface area contributed by atoms with Crippen molar-refractivity contribution in [1.82, 2.24) is 15.3 Å². The minimum atomic E-state index is 0.463. The van der Waals surface area contributed by atoms with Crippen molar-refractivity contribution in [1.29, 1.82) is 0 Å². The Morgan fingerprint density at radius 3 is 2.67 bits per heavy atom. The molecule has 3 N–H and O–H groups in total. The van der Waals surface area contributed by atoms with Crippen molar-refractivity contribution >= 4 is 11.8 Å². The topological polar surface area (TPSA) is 44.5 Å². The molecule has 4 nitrogen and oxygen atoms in total. The van der Waals surface area contributed by atoms with Crippen LogP contribution in [0.1, 0.15) is 19.3 Å². The van der Waals surface area contributed by atoms with Gasteiger partial charge in [0, 0.05) is 31.2 Å². The zero-order valence-electron chi connectivity index (χ0n) is 9.22. The fourth-order valence-electron chi connectivity index (χ4n) is 2.58. The van der Waals surface area contributed by atoms with Crippen LogP contribution < -0.4 is 11.1 Å². The van der Waals surface area contributed by atoms with Crippen molar-refractivity contribution in [2.45, 2.75) is 43.4 Å². The largest absolute Gasteiger partial charge is 0.328 e. The van der Waals surface area contributed by atoms with Gasteiger partial charge in [0.25, 0.3) is 0 Å². The second kappa shape index (κ2) is 3.89. The lowest BCUT2D eigenvalue weighted by Crippen LogP contribution is -2.50. The van der Waals surface area contributed by atoms with Crippen molar-refractivity contribution in [2.75, 3.05) is 18.8 Å². The molecule has 1 heterocycles. The summed E-state index contributed by atoms with van der Waals surface area (Å²) in [6, 6.07) is 2.64. The van der Waals surface area contributed by atoms with E-state index >= 15 is 0 Å². The Morgan fingerprint density at radius 1 is 1.27 bits per heavy atom. The SMILES string of the molecule is CN1CSCN1C1CC1NC1CC(N)C1. The van der Waals surface area contributed by atoms with E-state index < -0.39 is 0 Å². The molecule has 0 radical (unpaired) electrons. The van der Waals surface area contributed by atoms with E-state index in [-0.39, 0.29) is 0 Å². The quantitative estimate of drug-likeness (QED) is 0.713. The van der Waals surface area contributed by atoms with Gasteiger partial charge in [-0.05, 0) is 19.3 Å². The molecule has 0 spiro atoms. The van der Waals surface area contributed by atoms with Gasteiger partial charge < -0.3 is 11.1 Å². The molecule has 3 rings (SSSR count). The van der Waals surface area contributed by atoms with Gasteiger partial charge in [0.1, 0.15) is 0 Å². The molecule has 0 aromatic carbocycles. The van der Waals surface area contributed by atoms with Crippen LogP contribution >= 0.6 is 11.8 Å². The second-order valence-electron chi connectivity index (χ2n) is 5.06. The zero-order chi connectivity index (χ0) is 10.4. The van der Waals surface area contributed by atoms with Crippen LogP contribution in [0.3, 0.4) is 0 Å². The first kappa shape index (κ1) is 10.4. The van der Waals surface area contributed by atoms with E-state index in [1.807, 2.05) is 11.8 Å². The Bertz CT molecular complexity index is 244. The molecule has 3 aliphatic rings. The summed E-state index contributed by atoms with van der Waals surface area (Å²) in [7, 11) is 2.19. The molecular weight excluding hydrogens is 208 g/mol. The van der Waals surface area contributed by atoms with Crippen LogP contribution in [-0.2, 0) is 0 Å². The van der Waals surface area contributed by atoms with E-state index in [0.29, 0.717) is 12.1 Å². The fourth-order valence-corrected chi connectivity index (χ4v) is 3.65. The van der Waals surface area contributed by atoms with Crippen molar-refractivity contribution in [3.8, 4) is 0 Å². The first-order chi connectivity index (χ1) is 7.24. The third-order valence-electron chi connectivity index (χ3n) is 3.70. The molecule has 2 unspecified atom stereocenters. The maximum Gasteiger partial charge on any atom is 0.0607 e. The maximum absolute atomic E-state index is 5.78. The summed E-state index contributed by atoms with van der Waals surface area (Å²) in [6.07, 6.45) is 3.66. The third-order valence-corrected chi connectivity index (χ3v) is 4.71. The van der Waals surface area contributed by atoms with Gasteiger partial charge in [-0.1, -0.05) is 0 Å². The molecular formula is C10H20N4S. The molecule has 3 fully saturated rings. The van der Waals surface area contributed by atoms with Crippen LogP contribution in [0.4, 0.5) is 0 Å². The summed E-state index contributed by atoms with van der Waals surface area (Å²) in [5, 5.41) is 8.56. The predicted molar refractivity (Wildman–Crippen MR) is 63.3 cm³/mol. The molecule has 0 amide bonds. The minimum Gasteiger partial charge on any atom is -0.328 e. The van der Waals surface area contributed by atoms with Crippen molar-refractivity contribution in [3.05, 3.63) is 0 Å². The number of nitrogens with two attached hydrogens (primary N) is 1. The van der Waals surface area contributed by atoms with E-state index in [0.717, 1.165) is 18.0 Å². The van der Waals surface area contributed by atoms with Crippen molar-refractivity contribution in [3.63, 3.8) is 0 Å². The Labute approximate surface area is 95.5 Å². The molecule has 0 bridgehead atoms. The van der Waals surface area contributed by atoms with E-state index in [1.54, 1.807) is 0 Å².